The number of cyclic esters (lactones) is 1. The van der Waals surface area contributed by atoms with E-state index in [2.05, 4.69) is 19.1 Å². The lowest BCUT2D eigenvalue weighted by Gasteiger charge is -2.04. The SMILES string of the molecule is CC[C@@H]1C[C@@H](Cc2ccccc2)C(=O)O1. The van der Waals surface area contributed by atoms with Gasteiger partial charge in [0, 0.05) is 0 Å². The molecule has 0 unspecified atom stereocenters. The van der Waals surface area contributed by atoms with Crippen LogP contribution in [0.5, 0.6) is 0 Å². The van der Waals surface area contributed by atoms with E-state index in [1.165, 1.54) is 5.56 Å². The van der Waals surface area contributed by atoms with Crippen LogP contribution in [0, 0.1) is 5.92 Å². The van der Waals surface area contributed by atoms with Gasteiger partial charge in [0.15, 0.2) is 0 Å². The van der Waals surface area contributed by atoms with E-state index in [-0.39, 0.29) is 18.0 Å². The van der Waals surface area contributed by atoms with Crippen LogP contribution in [0.1, 0.15) is 25.3 Å². The third kappa shape index (κ3) is 2.38. The summed E-state index contributed by atoms with van der Waals surface area (Å²) in [4.78, 5) is 11.5. The molecule has 0 radical (unpaired) electrons. The molecule has 0 amide bonds. The Balaban J connectivity index is 1.99. The van der Waals surface area contributed by atoms with Gasteiger partial charge in [-0.25, -0.2) is 0 Å². The quantitative estimate of drug-likeness (QED) is 0.707. The molecule has 2 atom stereocenters. The highest BCUT2D eigenvalue weighted by Crippen LogP contribution is 2.26. The first-order valence-electron chi connectivity index (χ1n) is 5.54. The number of ether oxygens (including phenoxy) is 1. The molecule has 0 aromatic heterocycles. The third-order valence-electron chi connectivity index (χ3n) is 2.94. The van der Waals surface area contributed by atoms with Gasteiger partial charge in [0.25, 0.3) is 0 Å². The second kappa shape index (κ2) is 4.47. The molecule has 80 valence electrons. The maximum Gasteiger partial charge on any atom is 0.309 e. The minimum absolute atomic E-state index is 0.0225. The van der Waals surface area contributed by atoms with Crippen molar-refractivity contribution in [1.82, 2.24) is 0 Å². The average Bonchev–Trinajstić information content (AvgIpc) is 2.61. The summed E-state index contributed by atoms with van der Waals surface area (Å²) in [5, 5.41) is 0. The van der Waals surface area contributed by atoms with Crippen molar-refractivity contribution in [1.29, 1.82) is 0 Å². The Bertz CT molecular complexity index is 332. The summed E-state index contributed by atoms with van der Waals surface area (Å²) in [6, 6.07) is 10.1. The van der Waals surface area contributed by atoms with E-state index < -0.39 is 0 Å². The minimum atomic E-state index is -0.0225. The lowest BCUT2D eigenvalue weighted by molar-refractivity contribution is -0.144. The zero-order chi connectivity index (χ0) is 10.7. The minimum Gasteiger partial charge on any atom is -0.462 e. The molecule has 0 N–H and O–H groups in total. The van der Waals surface area contributed by atoms with Crippen molar-refractivity contribution in [2.45, 2.75) is 32.3 Å². The van der Waals surface area contributed by atoms with Crippen molar-refractivity contribution in [3.8, 4) is 0 Å². The molecule has 1 heterocycles. The molecule has 2 heteroatoms. The number of esters is 1. The van der Waals surface area contributed by atoms with E-state index in [0.717, 1.165) is 19.3 Å². The summed E-state index contributed by atoms with van der Waals surface area (Å²) in [6.45, 7) is 2.06. The fraction of sp³-hybridized carbons (Fsp3) is 0.462. The first-order valence-corrected chi connectivity index (χ1v) is 5.54. The van der Waals surface area contributed by atoms with Gasteiger partial charge in [0.2, 0.25) is 0 Å². The number of hydrogen-bond donors (Lipinski definition) is 0. The van der Waals surface area contributed by atoms with Crippen molar-refractivity contribution in [2.24, 2.45) is 5.92 Å². The predicted octanol–water partition coefficient (Wildman–Crippen LogP) is 2.57. The molecular formula is C13H16O2. The topological polar surface area (TPSA) is 26.3 Å². The van der Waals surface area contributed by atoms with Crippen molar-refractivity contribution < 1.29 is 9.53 Å². The van der Waals surface area contributed by atoms with Crippen LogP contribution in [0.4, 0.5) is 0 Å². The summed E-state index contributed by atoms with van der Waals surface area (Å²) in [7, 11) is 0. The number of rotatable bonds is 3. The van der Waals surface area contributed by atoms with Gasteiger partial charge >= 0.3 is 5.97 Å². The highest BCUT2D eigenvalue weighted by molar-refractivity contribution is 5.75. The van der Waals surface area contributed by atoms with E-state index in [1.807, 2.05) is 18.2 Å². The molecule has 0 saturated carbocycles. The Labute approximate surface area is 90.3 Å². The summed E-state index contributed by atoms with van der Waals surface area (Å²) in [5.41, 5.74) is 1.22. The van der Waals surface area contributed by atoms with E-state index >= 15 is 0 Å². The molecule has 15 heavy (non-hydrogen) atoms. The molecule has 2 nitrogen and oxygen atoms in total. The second-order valence-corrected chi connectivity index (χ2v) is 4.09. The van der Waals surface area contributed by atoms with Crippen LogP contribution in [0.25, 0.3) is 0 Å². The fourth-order valence-electron chi connectivity index (χ4n) is 2.04. The lowest BCUT2D eigenvalue weighted by atomic mass is 9.96. The molecule has 1 aromatic carbocycles. The van der Waals surface area contributed by atoms with Gasteiger partial charge in [-0.05, 0) is 24.8 Å². The molecule has 1 aromatic rings. The van der Waals surface area contributed by atoms with Gasteiger partial charge in [-0.2, -0.15) is 0 Å². The van der Waals surface area contributed by atoms with Crippen LogP contribution < -0.4 is 0 Å². The summed E-state index contributed by atoms with van der Waals surface area (Å²) < 4.78 is 5.26. The number of benzene rings is 1. The average molecular weight is 204 g/mol. The van der Waals surface area contributed by atoms with Crippen molar-refractivity contribution in [3.05, 3.63) is 35.9 Å². The summed E-state index contributed by atoms with van der Waals surface area (Å²) in [6.07, 6.45) is 2.77. The molecule has 1 fully saturated rings. The molecule has 0 aliphatic carbocycles. The summed E-state index contributed by atoms with van der Waals surface area (Å²) in [5.74, 6) is 0.0445. The largest absolute Gasteiger partial charge is 0.462 e. The molecule has 2 rings (SSSR count). The van der Waals surface area contributed by atoms with Crippen molar-refractivity contribution in [2.75, 3.05) is 0 Å². The highest BCUT2D eigenvalue weighted by Gasteiger charge is 2.32. The normalized spacial score (nSPS) is 25.3. The van der Waals surface area contributed by atoms with Gasteiger partial charge in [-0.15, -0.1) is 0 Å². The van der Waals surface area contributed by atoms with Gasteiger partial charge < -0.3 is 4.74 Å². The van der Waals surface area contributed by atoms with Gasteiger partial charge in [-0.3, -0.25) is 4.79 Å². The predicted molar refractivity (Wildman–Crippen MR) is 58.4 cm³/mol. The van der Waals surface area contributed by atoms with E-state index in [4.69, 9.17) is 4.74 Å². The van der Waals surface area contributed by atoms with Crippen molar-refractivity contribution in [3.63, 3.8) is 0 Å². The Hall–Kier alpha value is -1.31. The molecule has 1 saturated heterocycles. The van der Waals surface area contributed by atoms with E-state index in [1.54, 1.807) is 0 Å². The summed E-state index contributed by atoms with van der Waals surface area (Å²) >= 11 is 0. The highest BCUT2D eigenvalue weighted by atomic mass is 16.5. The molecule has 1 aliphatic heterocycles. The smallest absolute Gasteiger partial charge is 0.309 e. The molecule has 0 spiro atoms. The number of carbonyl (C=O) groups excluding carboxylic acids is 1. The number of carbonyl (C=O) groups is 1. The number of hydrogen-bond acceptors (Lipinski definition) is 2. The van der Waals surface area contributed by atoms with Crippen molar-refractivity contribution >= 4 is 5.97 Å². The first kappa shape index (κ1) is 10.2. The van der Waals surface area contributed by atoms with Gasteiger partial charge in [0.05, 0.1) is 5.92 Å². The monoisotopic (exact) mass is 204 g/mol. The van der Waals surface area contributed by atoms with Crippen LogP contribution in [-0.4, -0.2) is 12.1 Å². The van der Waals surface area contributed by atoms with Crippen LogP contribution in [0.3, 0.4) is 0 Å². The van der Waals surface area contributed by atoms with E-state index in [0.29, 0.717) is 0 Å². The Morgan fingerprint density at radius 3 is 2.67 bits per heavy atom. The Morgan fingerprint density at radius 1 is 1.33 bits per heavy atom. The lowest BCUT2D eigenvalue weighted by Crippen LogP contribution is -2.10. The Kier molecular flexibility index (Phi) is 3.05. The first-order chi connectivity index (χ1) is 7.29. The molecular weight excluding hydrogens is 188 g/mol. The zero-order valence-electron chi connectivity index (χ0n) is 8.98. The van der Waals surface area contributed by atoms with Crippen LogP contribution in [-0.2, 0) is 16.0 Å². The maximum atomic E-state index is 11.5. The fourth-order valence-corrected chi connectivity index (χ4v) is 2.04. The van der Waals surface area contributed by atoms with Crippen LogP contribution >= 0.6 is 0 Å². The Morgan fingerprint density at radius 2 is 2.07 bits per heavy atom. The maximum absolute atomic E-state index is 11.5. The van der Waals surface area contributed by atoms with Gasteiger partial charge in [0.1, 0.15) is 6.10 Å². The van der Waals surface area contributed by atoms with Crippen LogP contribution in [0.15, 0.2) is 30.3 Å². The zero-order valence-corrected chi connectivity index (χ0v) is 8.98. The standard InChI is InChI=1S/C13H16O2/c1-2-12-9-11(13(14)15-12)8-10-6-4-3-5-7-10/h3-7,11-12H,2,8-9H2,1H3/t11-,12-/m1/s1. The third-order valence-corrected chi connectivity index (χ3v) is 2.94. The van der Waals surface area contributed by atoms with Gasteiger partial charge in [-0.1, -0.05) is 37.3 Å². The second-order valence-electron chi connectivity index (χ2n) is 4.09. The van der Waals surface area contributed by atoms with Crippen LogP contribution in [0.2, 0.25) is 0 Å². The molecule has 0 bridgehead atoms. The van der Waals surface area contributed by atoms with E-state index in [9.17, 15) is 4.79 Å². The molecule has 1 aliphatic rings.